The minimum Gasteiger partial charge on any atom is -0.291 e. The van der Waals surface area contributed by atoms with Crippen molar-refractivity contribution in [2.45, 2.75) is 20.3 Å². The molecular weight excluding hydrogens is 150 g/mol. The third kappa shape index (κ3) is 2.55. The van der Waals surface area contributed by atoms with Crippen LogP contribution in [0.25, 0.3) is 0 Å². The summed E-state index contributed by atoms with van der Waals surface area (Å²) < 4.78 is 0. The third-order valence-electron chi connectivity index (χ3n) is 1.62. The van der Waals surface area contributed by atoms with Gasteiger partial charge in [0, 0.05) is 0 Å². The van der Waals surface area contributed by atoms with Crippen molar-refractivity contribution in [2.24, 2.45) is 5.92 Å². The van der Waals surface area contributed by atoms with Crippen LogP contribution in [0.5, 0.6) is 0 Å². The fourth-order valence-corrected chi connectivity index (χ4v) is 1.14. The molecule has 0 fully saturated rings. The molecule has 0 saturated carbocycles. The highest BCUT2D eigenvalue weighted by Gasteiger charge is 1.98. The summed E-state index contributed by atoms with van der Waals surface area (Å²) in [6.45, 7) is 4.32. The first-order valence-corrected chi connectivity index (χ1v) is 4.13. The molecule has 0 unspecified atom stereocenters. The zero-order chi connectivity index (χ0) is 8.97. The van der Waals surface area contributed by atoms with Crippen LogP contribution in [-0.2, 0) is 6.42 Å². The molecule has 0 aliphatic rings. The molecule has 2 nitrogen and oxygen atoms in total. The predicted molar refractivity (Wildman–Crippen MR) is 49.2 cm³/mol. The first-order chi connectivity index (χ1) is 5.72. The van der Waals surface area contributed by atoms with Crippen molar-refractivity contribution in [3.63, 3.8) is 0 Å². The van der Waals surface area contributed by atoms with Crippen LogP contribution in [0.2, 0.25) is 0 Å². The summed E-state index contributed by atoms with van der Waals surface area (Å²) in [6, 6.07) is 8.62. The summed E-state index contributed by atoms with van der Waals surface area (Å²) in [5.41, 5.74) is 3.98. The Morgan fingerprint density at radius 1 is 1.58 bits per heavy atom. The summed E-state index contributed by atoms with van der Waals surface area (Å²) >= 11 is 0. The number of benzene rings is 1. The third-order valence-corrected chi connectivity index (χ3v) is 1.62. The molecule has 0 heterocycles. The van der Waals surface area contributed by atoms with Crippen molar-refractivity contribution in [3.05, 3.63) is 29.8 Å². The van der Waals surface area contributed by atoms with E-state index in [2.05, 4.69) is 25.4 Å². The highest BCUT2D eigenvalue weighted by atomic mass is 16.5. The molecule has 0 aliphatic heterocycles. The molecule has 0 spiro atoms. The average Bonchev–Trinajstić information content (AvgIpc) is 2.03. The van der Waals surface area contributed by atoms with Crippen LogP contribution in [-0.4, -0.2) is 5.21 Å². The standard InChI is InChI=1S/C10H14NO/c1-8(2)6-9-4-3-5-10(7-9)11-12/h3,5,7-8,11-12H,6H2,1-2H3. The van der Waals surface area contributed by atoms with Gasteiger partial charge in [-0.05, 0) is 36.1 Å². The van der Waals surface area contributed by atoms with Crippen LogP contribution in [0, 0.1) is 12.0 Å². The second-order valence-electron chi connectivity index (χ2n) is 3.31. The molecule has 1 rings (SSSR count). The van der Waals surface area contributed by atoms with Gasteiger partial charge in [0.15, 0.2) is 0 Å². The average molecular weight is 164 g/mol. The van der Waals surface area contributed by atoms with Crippen molar-refractivity contribution in [1.29, 1.82) is 0 Å². The lowest BCUT2D eigenvalue weighted by molar-refractivity contribution is 0.389. The Kier molecular flexibility index (Phi) is 3.11. The van der Waals surface area contributed by atoms with E-state index < -0.39 is 0 Å². The lowest BCUT2D eigenvalue weighted by atomic mass is 10.0. The predicted octanol–water partition coefficient (Wildman–Crippen LogP) is 2.49. The molecule has 2 heteroatoms. The zero-order valence-corrected chi connectivity index (χ0v) is 7.46. The fourth-order valence-electron chi connectivity index (χ4n) is 1.14. The number of anilines is 1. The summed E-state index contributed by atoms with van der Waals surface area (Å²) in [5, 5.41) is 8.63. The molecule has 0 bridgehead atoms. The van der Waals surface area contributed by atoms with E-state index in [9.17, 15) is 0 Å². The fraction of sp³-hybridized carbons (Fsp3) is 0.400. The van der Waals surface area contributed by atoms with E-state index in [1.807, 2.05) is 12.1 Å². The van der Waals surface area contributed by atoms with Crippen molar-refractivity contribution in [3.8, 4) is 0 Å². The molecule has 1 radical (unpaired) electrons. The Morgan fingerprint density at radius 2 is 2.33 bits per heavy atom. The molecule has 0 atom stereocenters. The SMILES string of the molecule is CC(C)Cc1[c]ccc(NO)c1. The lowest BCUT2D eigenvalue weighted by Crippen LogP contribution is -1.96. The maximum Gasteiger partial charge on any atom is 0.0605 e. The van der Waals surface area contributed by atoms with Gasteiger partial charge in [-0.25, -0.2) is 0 Å². The molecule has 12 heavy (non-hydrogen) atoms. The van der Waals surface area contributed by atoms with Gasteiger partial charge >= 0.3 is 0 Å². The van der Waals surface area contributed by atoms with Crippen LogP contribution in [0.4, 0.5) is 5.69 Å². The molecular formula is C10H14NO. The largest absolute Gasteiger partial charge is 0.291 e. The van der Waals surface area contributed by atoms with Crippen molar-refractivity contribution in [1.82, 2.24) is 0 Å². The molecule has 1 aromatic rings. The Balaban J connectivity index is 2.72. The van der Waals surface area contributed by atoms with E-state index in [1.54, 1.807) is 6.07 Å². The number of rotatable bonds is 3. The number of hydrogen-bond donors (Lipinski definition) is 2. The second-order valence-corrected chi connectivity index (χ2v) is 3.31. The zero-order valence-electron chi connectivity index (χ0n) is 7.46. The maximum absolute atomic E-state index is 8.63. The van der Waals surface area contributed by atoms with Gasteiger partial charge in [0.1, 0.15) is 0 Å². The van der Waals surface area contributed by atoms with E-state index in [4.69, 9.17) is 5.21 Å². The highest BCUT2D eigenvalue weighted by Crippen LogP contribution is 2.12. The molecule has 0 saturated heterocycles. The normalized spacial score (nSPS) is 10.3. The van der Waals surface area contributed by atoms with Crippen LogP contribution in [0.15, 0.2) is 18.2 Å². The van der Waals surface area contributed by atoms with Crippen molar-refractivity contribution < 1.29 is 5.21 Å². The minimum absolute atomic E-state index is 0.621. The van der Waals surface area contributed by atoms with Crippen molar-refractivity contribution in [2.75, 3.05) is 5.48 Å². The quantitative estimate of drug-likeness (QED) is 0.673. The minimum atomic E-state index is 0.621. The van der Waals surface area contributed by atoms with E-state index in [0.29, 0.717) is 5.92 Å². The lowest BCUT2D eigenvalue weighted by Gasteiger charge is -2.05. The summed E-state index contributed by atoms with van der Waals surface area (Å²) in [7, 11) is 0. The van der Waals surface area contributed by atoms with Gasteiger partial charge in [0.2, 0.25) is 0 Å². The van der Waals surface area contributed by atoms with Gasteiger partial charge in [-0.2, -0.15) is 0 Å². The monoisotopic (exact) mass is 164 g/mol. The molecule has 65 valence electrons. The van der Waals surface area contributed by atoms with Crippen molar-refractivity contribution >= 4 is 5.69 Å². The maximum atomic E-state index is 8.63. The Hall–Kier alpha value is -1.02. The summed E-state index contributed by atoms with van der Waals surface area (Å²) in [5.74, 6) is 0.621. The summed E-state index contributed by atoms with van der Waals surface area (Å²) in [4.78, 5) is 0. The Bertz CT molecular complexity index is 245. The van der Waals surface area contributed by atoms with Gasteiger partial charge in [0.25, 0.3) is 0 Å². The first kappa shape index (κ1) is 9.07. The highest BCUT2D eigenvalue weighted by molar-refractivity contribution is 5.43. The van der Waals surface area contributed by atoms with E-state index >= 15 is 0 Å². The number of hydrogen-bond acceptors (Lipinski definition) is 2. The van der Waals surface area contributed by atoms with Gasteiger partial charge in [-0.3, -0.25) is 10.7 Å². The van der Waals surface area contributed by atoms with Gasteiger partial charge in [0.05, 0.1) is 5.69 Å². The van der Waals surface area contributed by atoms with E-state index in [-0.39, 0.29) is 0 Å². The van der Waals surface area contributed by atoms with Gasteiger partial charge in [-0.1, -0.05) is 19.9 Å². The smallest absolute Gasteiger partial charge is 0.0605 e. The van der Waals surface area contributed by atoms with Crippen LogP contribution >= 0.6 is 0 Å². The number of nitrogens with one attached hydrogen (secondary N) is 1. The van der Waals surface area contributed by atoms with Crippen LogP contribution in [0.3, 0.4) is 0 Å². The van der Waals surface area contributed by atoms with E-state index in [0.717, 1.165) is 17.7 Å². The second kappa shape index (κ2) is 4.12. The van der Waals surface area contributed by atoms with Gasteiger partial charge < -0.3 is 0 Å². The van der Waals surface area contributed by atoms with Crippen LogP contribution in [0.1, 0.15) is 19.4 Å². The first-order valence-electron chi connectivity index (χ1n) is 4.13. The molecule has 0 aliphatic carbocycles. The van der Waals surface area contributed by atoms with Crippen LogP contribution < -0.4 is 5.48 Å². The Labute approximate surface area is 73.2 Å². The summed E-state index contributed by atoms with van der Waals surface area (Å²) in [6.07, 6.45) is 0.996. The molecule has 0 amide bonds. The van der Waals surface area contributed by atoms with Gasteiger partial charge in [-0.15, -0.1) is 0 Å². The van der Waals surface area contributed by atoms with E-state index in [1.165, 1.54) is 0 Å². The molecule has 2 N–H and O–H groups in total. The topological polar surface area (TPSA) is 32.3 Å². The molecule has 1 aromatic carbocycles. The Morgan fingerprint density at radius 3 is 2.92 bits per heavy atom. The molecule has 0 aromatic heterocycles.